The van der Waals surface area contributed by atoms with Crippen LogP contribution in [0.15, 0.2) is 36.7 Å². The van der Waals surface area contributed by atoms with E-state index in [1.165, 1.54) is 0 Å². The van der Waals surface area contributed by atoms with Gasteiger partial charge in [0.15, 0.2) is 0 Å². The Morgan fingerprint density at radius 1 is 1.31 bits per heavy atom. The molecule has 2 N–H and O–H groups in total. The zero-order valence-electron chi connectivity index (χ0n) is 16.4. The molecule has 7 heteroatoms. The van der Waals surface area contributed by atoms with E-state index in [0.29, 0.717) is 11.6 Å². The zero-order valence-corrected chi connectivity index (χ0v) is 17.2. The normalized spacial score (nSPS) is 19.4. The van der Waals surface area contributed by atoms with Gasteiger partial charge in [-0.1, -0.05) is 30.5 Å². The number of nitrogens with one attached hydrogen (secondary N) is 1. The van der Waals surface area contributed by atoms with Gasteiger partial charge in [0.05, 0.1) is 24.3 Å². The molecule has 0 aliphatic heterocycles. The number of fused-ring (bicyclic) bond motifs is 1. The van der Waals surface area contributed by atoms with Gasteiger partial charge in [-0.25, -0.2) is 9.97 Å². The van der Waals surface area contributed by atoms with E-state index in [2.05, 4.69) is 10.3 Å². The third-order valence-corrected chi connectivity index (χ3v) is 5.80. The van der Waals surface area contributed by atoms with Crippen molar-refractivity contribution in [3.8, 4) is 0 Å². The maximum absolute atomic E-state index is 12.6. The number of halogens is 1. The number of carbonyl (C=O) groups is 1. The second-order valence-corrected chi connectivity index (χ2v) is 8.19. The number of amides is 1. The predicted molar refractivity (Wildman–Crippen MR) is 113 cm³/mol. The minimum absolute atomic E-state index is 0.101. The maximum atomic E-state index is 12.6. The first-order valence-electron chi connectivity index (χ1n) is 10.0. The summed E-state index contributed by atoms with van der Waals surface area (Å²) >= 11 is 5.90. The van der Waals surface area contributed by atoms with Gasteiger partial charge in [-0.05, 0) is 48.6 Å². The standard InChI is InChI=1S/C22H25ClN4O2/c1-27-9-8-17-15(10-14-6-7-20(23)24-13-14)11-16(25-22(17)27)12-21(29)26-18-4-2-3-5-19(18)28/h6-9,11,13,18-19,28H,2-5,10,12H2,1H3,(H,26,29)/t18-,19-/m0/s1. The number of aliphatic hydroxyl groups excluding tert-OH is 1. The molecule has 2 atom stereocenters. The molecule has 29 heavy (non-hydrogen) atoms. The zero-order chi connectivity index (χ0) is 20.4. The number of hydrogen-bond donors (Lipinski definition) is 2. The van der Waals surface area contributed by atoms with Gasteiger partial charge in [0.2, 0.25) is 5.91 Å². The fourth-order valence-electron chi connectivity index (χ4n) is 4.03. The van der Waals surface area contributed by atoms with Crippen molar-refractivity contribution in [2.45, 2.75) is 50.7 Å². The minimum atomic E-state index is -0.455. The van der Waals surface area contributed by atoms with Crippen molar-refractivity contribution < 1.29 is 9.90 Å². The maximum Gasteiger partial charge on any atom is 0.226 e. The molecule has 1 aliphatic rings. The van der Waals surface area contributed by atoms with Crippen molar-refractivity contribution >= 4 is 28.5 Å². The van der Waals surface area contributed by atoms with Crippen molar-refractivity contribution in [2.24, 2.45) is 7.05 Å². The molecule has 0 bridgehead atoms. The van der Waals surface area contributed by atoms with Gasteiger partial charge in [0.1, 0.15) is 10.8 Å². The summed E-state index contributed by atoms with van der Waals surface area (Å²) in [5, 5.41) is 14.6. The van der Waals surface area contributed by atoms with Gasteiger partial charge < -0.3 is 15.0 Å². The van der Waals surface area contributed by atoms with Crippen molar-refractivity contribution in [1.29, 1.82) is 0 Å². The number of hydrogen-bond acceptors (Lipinski definition) is 4. The highest BCUT2D eigenvalue weighted by Crippen LogP contribution is 2.23. The first-order valence-corrected chi connectivity index (χ1v) is 10.4. The largest absolute Gasteiger partial charge is 0.391 e. The Balaban J connectivity index is 1.56. The van der Waals surface area contributed by atoms with E-state index in [4.69, 9.17) is 16.6 Å². The molecule has 6 nitrogen and oxygen atoms in total. The Morgan fingerprint density at radius 3 is 2.90 bits per heavy atom. The van der Waals surface area contributed by atoms with E-state index < -0.39 is 6.10 Å². The van der Waals surface area contributed by atoms with Crippen LogP contribution in [0.4, 0.5) is 0 Å². The van der Waals surface area contributed by atoms with Crippen LogP contribution in [0.1, 0.15) is 42.5 Å². The second kappa shape index (κ2) is 8.51. The fourth-order valence-corrected chi connectivity index (χ4v) is 4.14. The van der Waals surface area contributed by atoms with E-state index in [1.54, 1.807) is 12.3 Å². The van der Waals surface area contributed by atoms with Crippen LogP contribution in [0.2, 0.25) is 5.15 Å². The number of aliphatic hydroxyl groups is 1. The van der Waals surface area contributed by atoms with Crippen LogP contribution in [0.5, 0.6) is 0 Å². The summed E-state index contributed by atoms with van der Waals surface area (Å²) in [5.41, 5.74) is 3.72. The van der Waals surface area contributed by atoms with E-state index in [0.717, 1.165) is 53.5 Å². The van der Waals surface area contributed by atoms with E-state index in [9.17, 15) is 9.90 Å². The summed E-state index contributed by atoms with van der Waals surface area (Å²) in [6.45, 7) is 0. The molecule has 1 aliphatic carbocycles. The Kier molecular flexibility index (Phi) is 5.83. The number of nitrogens with zero attached hydrogens (tertiary/aromatic N) is 3. The van der Waals surface area contributed by atoms with Crippen LogP contribution >= 0.6 is 11.6 Å². The number of carbonyl (C=O) groups excluding carboxylic acids is 1. The minimum Gasteiger partial charge on any atom is -0.391 e. The van der Waals surface area contributed by atoms with Gasteiger partial charge in [0, 0.05) is 24.8 Å². The van der Waals surface area contributed by atoms with Crippen LogP contribution in [-0.4, -0.2) is 37.7 Å². The van der Waals surface area contributed by atoms with Crippen molar-refractivity contribution in [3.63, 3.8) is 0 Å². The summed E-state index contributed by atoms with van der Waals surface area (Å²) in [5.74, 6) is -0.101. The lowest BCUT2D eigenvalue weighted by molar-refractivity contribution is -0.122. The summed E-state index contributed by atoms with van der Waals surface area (Å²) < 4.78 is 1.96. The Bertz CT molecular complexity index is 1020. The molecule has 0 unspecified atom stereocenters. The number of rotatable bonds is 5. The molecule has 1 fully saturated rings. The van der Waals surface area contributed by atoms with Crippen LogP contribution in [0.25, 0.3) is 11.0 Å². The smallest absolute Gasteiger partial charge is 0.226 e. The summed E-state index contributed by atoms with van der Waals surface area (Å²) in [6, 6.07) is 7.62. The average Bonchev–Trinajstić information content (AvgIpc) is 3.07. The summed E-state index contributed by atoms with van der Waals surface area (Å²) in [6.07, 6.45) is 7.79. The lowest BCUT2D eigenvalue weighted by Gasteiger charge is -2.28. The molecule has 1 saturated carbocycles. The van der Waals surface area contributed by atoms with Gasteiger partial charge in [-0.2, -0.15) is 0 Å². The quantitative estimate of drug-likeness (QED) is 0.631. The Labute approximate surface area is 174 Å². The molecule has 0 aromatic carbocycles. The van der Waals surface area contributed by atoms with Gasteiger partial charge in [-0.15, -0.1) is 0 Å². The molecule has 3 aromatic rings. The van der Waals surface area contributed by atoms with Crippen molar-refractivity contribution in [3.05, 3.63) is 58.6 Å². The summed E-state index contributed by atoms with van der Waals surface area (Å²) in [7, 11) is 1.95. The Morgan fingerprint density at radius 2 is 2.14 bits per heavy atom. The van der Waals surface area contributed by atoms with Gasteiger partial charge in [0.25, 0.3) is 0 Å². The molecule has 3 aromatic heterocycles. The number of aromatic nitrogens is 3. The lowest BCUT2D eigenvalue weighted by atomic mass is 9.92. The molecule has 4 rings (SSSR count). The molecule has 3 heterocycles. The second-order valence-electron chi connectivity index (χ2n) is 7.81. The molecular weight excluding hydrogens is 388 g/mol. The van der Waals surface area contributed by atoms with Crippen molar-refractivity contribution in [2.75, 3.05) is 0 Å². The summed E-state index contributed by atoms with van der Waals surface area (Å²) in [4.78, 5) is 21.5. The molecule has 1 amide bonds. The first kappa shape index (κ1) is 19.9. The lowest BCUT2D eigenvalue weighted by Crippen LogP contribution is -2.45. The molecule has 0 saturated heterocycles. The average molecular weight is 413 g/mol. The van der Waals surface area contributed by atoms with Crippen LogP contribution in [-0.2, 0) is 24.7 Å². The van der Waals surface area contributed by atoms with Crippen LogP contribution in [0.3, 0.4) is 0 Å². The van der Waals surface area contributed by atoms with E-state index >= 15 is 0 Å². The highest BCUT2D eigenvalue weighted by atomic mass is 35.5. The SMILES string of the molecule is Cn1ccc2c(Cc3ccc(Cl)nc3)cc(CC(=O)N[C@H]3CCCC[C@@H]3O)nc21. The fraction of sp³-hybridized carbons (Fsp3) is 0.409. The molecular formula is C22H25ClN4O2. The third-order valence-electron chi connectivity index (χ3n) is 5.58. The molecule has 0 radical (unpaired) electrons. The Hall–Kier alpha value is -2.44. The topological polar surface area (TPSA) is 80.0 Å². The first-order chi connectivity index (χ1) is 14.0. The van der Waals surface area contributed by atoms with E-state index in [-0.39, 0.29) is 18.4 Å². The third kappa shape index (κ3) is 4.60. The monoisotopic (exact) mass is 412 g/mol. The number of aryl methyl sites for hydroxylation is 1. The van der Waals surface area contributed by atoms with Gasteiger partial charge >= 0.3 is 0 Å². The van der Waals surface area contributed by atoms with Gasteiger partial charge in [-0.3, -0.25) is 4.79 Å². The molecule has 0 spiro atoms. The highest BCUT2D eigenvalue weighted by Gasteiger charge is 2.24. The molecule has 152 valence electrons. The van der Waals surface area contributed by atoms with Crippen LogP contribution < -0.4 is 5.32 Å². The number of pyridine rings is 2. The van der Waals surface area contributed by atoms with Crippen molar-refractivity contribution in [1.82, 2.24) is 19.9 Å². The predicted octanol–water partition coefficient (Wildman–Crippen LogP) is 3.17. The van der Waals surface area contributed by atoms with Crippen LogP contribution in [0, 0.1) is 0 Å². The van der Waals surface area contributed by atoms with E-state index in [1.807, 2.05) is 36.0 Å². The highest BCUT2D eigenvalue weighted by molar-refractivity contribution is 6.29.